The molecule has 1 aliphatic rings. The molecule has 0 bridgehead atoms. The Hall–Kier alpha value is -3.70. The van der Waals surface area contributed by atoms with E-state index in [0.717, 1.165) is 5.56 Å². The molecule has 0 aromatic heterocycles. The summed E-state index contributed by atoms with van der Waals surface area (Å²) in [4.78, 5) is 26.0. The number of halogens is 2. The molecule has 0 unspecified atom stereocenters. The van der Waals surface area contributed by atoms with Crippen LogP contribution in [0.25, 0.3) is 0 Å². The minimum absolute atomic E-state index is 0.0361. The summed E-state index contributed by atoms with van der Waals surface area (Å²) in [6.45, 7) is 1.85. The van der Waals surface area contributed by atoms with Gasteiger partial charge >= 0.3 is 5.97 Å². The standard InChI is InChI=1S/C29H23Cl2N3O3S/c1-18-26(29(36)37-16-19-6-3-2-4-7-19)27(20-10-12-21(30)13-11-20)24(15-32)28(33-18)38-17-25(35)34-23-9-5-8-22(31)14-23/h2-14,27,33H,16-17H2,1H3,(H,34,35)/t27-/m0/s1. The molecule has 1 atom stereocenters. The highest BCUT2D eigenvalue weighted by Crippen LogP contribution is 2.41. The number of rotatable bonds is 8. The average molecular weight is 564 g/mol. The van der Waals surface area contributed by atoms with Gasteiger partial charge in [-0.15, -0.1) is 0 Å². The molecule has 6 nitrogen and oxygen atoms in total. The molecular weight excluding hydrogens is 541 g/mol. The highest BCUT2D eigenvalue weighted by molar-refractivity contribution is 8.03. The van der Waals surface area contributed by atoms with Gasteiger partial charge in [0.1, 0.15) is 6.61 Å². The molecule has 4 rings (SSSR count). The van der Waals surface area contributed by atoms with Crippen LogP contribution in [0.15, 0.2) is 101 Å². The maximum Gasteiger partial charge on any atom is 0.337 e. The number of carbonyl (C=O) groups is 2. The van der Waals surface area contributed by atoms with Crippen molar-refractivity contribution in [3.63, 3.8) is 0 Å². The fraction of sp³-hybridized carbons (Fsp3) is 0.138. The number of amides is 1. The summed E-state index contributed by atoms with van der Waals surface area (Å²) in [6.07, 6.45) is 0. The molecule has 0 spiro atoms. The molecule has 0 radical (unpaired) electrons. The average Bonchev–Trinajstić information content (AvgIpc) is 2.91. The first-order chi connectivity index (χ1) is 18.4. The quantitative estimate of drug-likeness (QED) is 0.293. The van der Waals surface area contributed by atoms with Crippen LogP contribution in [-0.4, -0.2) is 17.6 Å². The predicted octanol–water partition coefficient (Wildman–Crippen LogP) is 6.80. The van der Waals surface area contributed by atoms with Gasteiger partial charge in [0.15, 0.2) is 0 Å². The van der Waals surface area contributed by atoms with E-state index in [0.29, 0.717) is 43.2 Å². The van der Waals surface area contributed by atoms with E-state index in [1.54, 1.807) is 55.5 Å². The number of ether oxygens (including phenoxy) is 1. The Morgan fingerprint density at radius 1 is 1.03 bits per heavy atom. The van der Waals surface area contributed by atoms with Crippen LogP contribution in [0.5, 0.6) is 0 Å². The number of thioether (sulfide) groups is 1. The summed E-state index contributed by atoms with van der Waals surface area (Å²) < 4.78 is 5.64. The summed E-state index contributed by atoms with van der Waals surface area (Å²) in [5, 5.41) is 17.7. The van der Waals surface area contributed by atoms with Crippen LogP contribution < -0.4 is 10.6 Å². The lowest BCUT2D eigenvalue weighted by Crippen LogP contribution is -2.29. The molecule has 38 heavy (non-hydrogen) atoms. The summed E-state index contributed by atoms with van der Waals surface area (Å²) in [6, 6.07) is 25.4. The largest absolute Gasteiger partial charge is 0.457 e. The lowest BCUT2D eigenvalue weighted by atomic mass is 9.82. The lowest BCUT2D eigenvalue weighted by Gasteiger charge is -2.29. The molecule has 9 heteroatoms. The van der Waals surface area contributed by atoms with E-state index < -0.39 is 11.9 Å². The second-order valence-electron chi connectivity index (χ2n) is 8.41. The van der Waals surface area contributed by atoms with Crippen molar-refractivity contribution in [2.24, 2.45) is 0 Å². The van der Waals surface area contributed by atoms with Gasteiger partial charge in [-0.05, 0) is 48.4 Å². The van der Waals surface area contributed by atoms with Crippen LogP contribution in [0.3, 0.4) is 0 Å². The Bertz CT molecular complexity index is 1450. The second kappa shape index (κ2) is 12.7. The van der Waals surface area contributed by atoms with Crippen molar-refractivity contribution < 1.29 is 14.3 Å². The third-order valence-corrected chi connectivity index (χ3v) is 7.24. The molecule has 192 valence electrons. The van der Waals surface area contributed by atoms with Crippen LogP contribution >= 0.6 is 35.0 Å². The number of nitriles is 1. The predicted molar refractivity (Wildman–Crippen MR) is 151 cm³/mol. The van der Waals surface area contributed by atoms with Crippen molar-refractivity contribution in [2.75, 3.05) is 11.1 Å². The fourth-order valence-electron chi connectivity index (χ4n) is 3.99. The molecule has 0 fully saturated rings. The number of hydrogen-bond donors (Lipinski definition) is 2. The SMILES string of the molecule is CC1=C(C(=O)OCc2ccccc2)[C@@H](c2ccc(Cl)cc2)C(C#N)=C(SCC(=O)Nc2cccc(Cl)c2)N1. The van der Waals surface area contributed by atoms with E-state index in [2.05, 4.69) is 16.7 Å². The Morgan fingerprint density at radius 3 is 2.45 bits per heavy atom. The smallest absolute Gasteiger partial charge is 0.337 e. The topological polar surface area (TPSA) is 91.2 Å². The first-order valence-electron chi connectivity index (χ1n) is 11.6. The molecular formula is C29H23Cl2N3O3S. The number of carbonyl (C=O) groups excluding carboxylic acids is 2. The van der Waals surface area contributed by atoms with Gasteiger partial charge in [-0.25, -0.2) is 4.79 Å². The highest BCUT2D eigenvalue weighted by Gasteiger charge is 2.35. The number of benzene rings is 3. The second-order valence-corrected chi connectivity index (χ2v) is 10.3. The van der Waals surface area contributed by atoms with Crippen LogP contribution in [0, 0.1) is 11.3 Å². The molecule has 1 amide bonds. The van der Waals surface area contributed by atoms with E-state index in [4.69, 9.17) is 27.9 Å². The van der Waals surface area contributed by atoms with E-state index in [1.165, 1.54) is 11.8 Å². The van der Waals surface area contributed by atoms with Crippen LogP contribution in [0.1, 0.15) is 24.0 Å². The van der Waals surface area contributed by atoms with Gasteiger partial charge in [-0.3, -0.25) is 4.79 Å². The summed E-state index contributed by atoms with van der Waals surface area (Å²) in [5.74, 6) is -1.45. The third kappa shape index (κ3) is 6.78. The normalized spacial score (nSPS) is 14.9. The zero-order chi connectivity index (χ0) is 27.1. The molecule has 1 heterocycles. The maximum absolute atomic E-state index is 13.3. The van der Waals surface area contributed by atoms with E-state index in [9.17, 15) is 14.9 Å². The molecule has 0 saturated heterocycles. The van der Waals surface area contributed by atoms with E-state index in [-0.39, 0.29) is 18.3 Å². The first-order valence-corrected chi connectivity index (χ1v) is 13.4. The zero-order valence-corrected chi connectivity index (χ0v) is 22.7. The van der Waals surface area contributed by atoms with Crippen molar-refractivity contribution in [3.8, 4) is 6.07 Å². The first kappa shape index (κ1) is 27.3. The van der Waals surface area contributed by atoms with Gasteiger partial charge in [0.25, 0.3) is 0 Å². The molecule has 0 aliphatic carbocycles. The minimum Gasteiger partial charge on any atom is -0.457 e. The van der Waals surface area contributed by atoms with Crippen molar-refractivity contribution in [2.45, 2.75) is 19.4 Å². The number of nitrogens with one attached hydrogen (secondary N) is 2. The summed E-state index contributed by atoms with van der Waals surface area (Å²) in [7, 11) is 0. The monoisotopic (exact) mass is 563 g/mol. The Balaban J connectivity index is 1.59. The molecule has 3 aromatic carbocycles. The molecule has 2 N–H and O–H groups in total. The number of dihydropyridines is 1. The molecule has 3 aromatic rings. The minimum atomic E-state index is -0.694. The fourth-order valence-corrected chi connectivity index (χ4v) is 5.20. The molecule has 1 aliphatic heterocycles. The van der Waals surface area contributed by atoms with Crippen LogP contribution in [0.4, 0.5) is 5.69 Å². The van der Waals surface area contributed by atoms with E-state index in [1.807, 2.05) is 30.3 Å². The van der Waals surface area contributed by atoms with Gasteiger partial charge in [-0.1, -0.05) is 83.5 Å². The van der Waals surface area contributed by atoms with Crippen LogP contribution in [0.2, 0.25) is 10.0 Å². The highest BCUT2D eigenvalue weighted by atomic mass is 35.5. The zero-order valence-electron chi connectivity index (χ0n) is 20.3. The van der Waals surface area contributed by atoms with Crippen molar-refractivity contribution in [3.05, 3.63) is 122 Å². The van der Waals surface area contributed by atoms with Gasteiger partial charge < -0.3 is 15.4 Å². The van der Waals surface area contributed by atoms with Gasteiger partial charge in [-0.2, -0.15) is 5.26 Å². The summed E-state index contributed by atoms with van der Waals surface area (Å²) >= 11 is 13.3. The third-order valence-electron chi connectivity index (χ3n) is 5.74. The number of anilines is 1. The van der Waals surface area contributed by atoms with Crippen molar-refractivity contribution in [1.82, 2.24) is 5.32 Å². The van der Waals surface area contributed by atoms with Gasteiger partial charge in [0.2, 0.25) is 5.91 Å². The Labute approximate surface area is 235 Å². The Kier molecular flexibility index (Phi) is 9.14. The Morgan fingerprint density at radius 2 is 1.76 bits per heavy atom. The van der Waals surface area contributed by atoms with Crippen LogP contribution in [-0.2, 0) is 20.9 Å². The number of nitrogens with zero attached hydrogens (tertiary/aromatic N) is 1. The number of allylic oxidation sites excluding steroid dienone is 2. The number of esters is 1. The van der Waals surface area contributed by atoms with Gasteiger partial charge in [0, 0.05) is 21.4 Å². The maximum atomic E-state index is 13.3. The van der Waals surface area contributed by atoms with E-state index >= 15 is 0 Å². The summed E-state index contributed by atoms with van der Waals surface area (Å²) in [5.41, 5.74) is 3.31. The lowest BCUT2D eigenvalue weighted by molar-refractivity contribution is -0.140. The molecule has 0 saturated carbocycles. The van der Waals surface area contributed by atoms with Gasteiger partial charge in [0.05, 0.1) is 33.9 Å². The number of hydrogen-bond acceptors (Lipinski definition) is 6. The van der Waals surface area contributed by atoms with Crippen molar-refractivity contribution in [1.29, 1.82) is 5.26 Å². The van der Waals surface area contributed by atoms with Crippen molar-refractivity contribution >= 4 is 52.5 Å².